The SMILES string of the molecule is COc1ccc(-c2ccc(C(=O)[O-])cc2)cc1F. The summed E-state index contributed by atoms with van der Waals surface area (Å²) in [4.78, 5) is 10.6. The summed E-state index contributed by atoms with van der Waals surface area (Å²) in [7, 11) is 1.40. The van der Waals surface area contributed by atoms with E-state index in [-0.39, 0.29) is 11.3 Å². The number of hydrogen-bond donors (Lipinski definition) is 0. The zero-order valence-electron chi connectivity index (χ0n) is 9.64. The maximum Gasteiger partial charge on any atom is 0.165 e. The molecule has 0 saturated carbocycles. The van der Waals surface area contributed by atoms with Crippen LogP contribution < -0.4 is 9.84 Å². The van der Waals surface area contributed by atoms with E-state index in [1.807, 2.05) is 0 Å². The van der Waals surface area contributed by atoms with Gasteiger partial charge in [0.05, 0.1) is 13.1 Å². The first-order chi connectivity index (χ1) is 8.61. The van der Waals surface area contributed by atoms with E-state index in [4.69, 9.17) is 4.74 Å². The van der Waals surface area contributed by atoms with Crippen LogP contribution in [0.25, 0.3) is 11.1 Å². The highest BCUT2D eigenvalue weighted by atomic mass is 19.1. The number of carbonyl (C=O) groups excluding carboxylic acids is 1. The van der Waals surface area contributed by atoms with Crippen molar-refractivity contribution in [2.45, 2.75) is 0 Å². The van der Waals surface area contributed by atoms with E-state index in [2.05, 4.69) is 0 Å². The number of halogens is 1. The molecular formula is C14H10FO3-. The first kappa shape index (κ1) is 12.1. The van der Waals surface area contributed by atoms with E-state index in [1.165, 1.54) is 31.4 Å². The van der Waals surface area contributed by atoms with Crippen LogP contribution in [0.2, 0.25) is 0 Å². The third-order valence-corrected chi connectivity index (χ3v) is 2.61. The molecule has 18 heavy (non-hydrogen) atoms. The monoisotopic (exact) mass is 245 g/mol. The van der Waals surface area contributed by atoms with Crippen LogP contribution in [0.5, 0.6) is 5.75 Å². The summed E-state index contributed by atoms with van der Waals surface area (Å²) in [5, 5.41) is 10.6. The van der Waals surface area contributed by atoms with E-state index in [1.54, 1.807) is 18.2 Å². The second kappa shape index (κ2) is 4.87. The molecule has 0 saturated heterocycles. The number of aromatic carboxylic acids is 1. The van der Waals surface area contributed by atoms with E-state index in [0.717, 1.165) is 5.56 Å². The largest absolute Gasteiger partial charge is 0.545 e. The van der Waals surface area contributed by atoms with Crippen molar-refractivity contribution in [2.75, 3.05) is 7.11 Å². The molecule has 0 radical (unpaired) electrons. The van der Waals surface area contributed by atoms with Crippen molar-refractivity contribution in [1.29, 1.82) is 0 Å². The fraction of sp³-hybridized carbons (Fsp3) is 0.0714. The Morgan fingerprint density at radius 3 is 2.22 bits per heavy atom. The van der Waals surface area contributed by atoms with Crippen molar-refractivity contribution in [3.8, 4) is 16.9 Å². The second-order valence-corrected chi connectivity index (χ2v) is 3.71. The van der Waals surface area contributed by atoms with Crippen molar-refractivity contribution in [2.24, 2.45) is 0 Å². The molecule has 0 atom stereocenters. The Hall–Kier alpha value is -2.36. The van der Waals surface area contributed by atoms with Gasteiger partial charge in [0.15, 0.2) is 11.6 Å². The number of hydrogen-bond acceptors (Lipinski definition) is 3. The maximum absolute atomic E-state index is 13.5. The van der Waals surface area contributed by atoms with Crippen LogP contribution in [-0.4, -0.2) is 13.1 Å². The first-order valence-corrected chi connectivity index (χ1v) is 5.27. The predicted octanol–water partition coefficient (Wildman–Crippen LogP) is 1.86. The van der Waals surface area contributed by atoms with Crippen LogP contribution >= 0.6 is 0 Å². The van der Waals surface area contributed by atoms with Crippen molar-refractivity contribution in [3.05, 3.63) is 53.8 Å². The number of carbonyl (C=O) groups is 1. The molecule has 0 aromatic heterocycles. The van der Waals surface area contributed by atoms with Gasteiger partial charge in [0.2, 0.25) is 0 Å². The van der Waals surface area contributed by atoms with Gasteiger partial charge in [0.1, 0.15) is 0 Å². The van der Waals surface area contributed by atoms with Crippen molar-refractivity contribution in [3.63, 3.8) is 0 Å². The van der Waals surface area contributed by atoms with E-state index >= 15 is 0 Å². The molecule has 0 aliphatic carbocycles. The lowest BCUT2D eigenvalue weighted by Gasteiger charge is -2.07. The van der Waals surface area contributed by atoms with Gasteiger partial charge in [-0.05, 0) is 28.8 Å². The third-order valence-electron chi connectivity index (χ3n) is 2.61. The van der Waals surface area contributed by atoms with Crippen LogP contribution in [0, 0.1) is 5.82 Å². The molecule has 0 spiro atoms. The summed E-state index contributed by atoms with van der Waals surface area (Å²) in [5.41, 5.74) is 1.47. The van der Waals surface area contributed by atoms with Crippen LogP contribution in [-0.2, 0) is 0 Å². The number of ether oxygens (including phenoxy) is 1. The highest BCUT2D eigenvalue weighted by molar-refractivity contribution is 5.86. The van der Waals surface area contributed by atoms with Crippen LogP contribution in [0.4, 0.5) is 4.39 Å². The van der Waals surface area contributed by atoms with Gasteiger partial charge in [-0.1, -0.05) is 30.3 Å². The molecule has 92 valence electrons. The lowest BCUT2D eigenvalue weighted by molar-refractivity contribution is -0.255. The Balaban J connectivity index is 2.36. The number of carboxylic acids is 1. The number of benzene rings is 2. The topological polar surface area (TPSA) is 49.4 Å². The molecule has 3 nitrogen and oxygen atoms in total. The van der Waals surface area contributed by atoms with Crippen molar-refractivity contribution in [1.82, 2.24) is 0 Å². The van der Waals surface area contributed by atoms with Gasteiger partial charge in [-0.3, -0.25) is 0 Å². The Bertz CT molecular complexity index is 576. The zero-order valence-corrected chi connectivity index (χ0v) is 9.64. The molecule has 0 N–H and O–H groups in total. The number of rotatable bonds is 3. The van der Waals surface area contributed by atoms with Gasteiger partial charge >= 0.3 is 0 Å². The Kier molecular flexibility index (Phi) is 3.28. The van der Waals surface area contributed by atoms with E-state index in [9.17, 15) is 14.3 Å². The summed E-state index contributed by atoms with van der Waals surface area (Å²) >= 11 is 0. The zero-order chi connectivity index (χ0) is 13.1. The van der Waals surface area contributed by atoms with Gasteiger partial charge in [0.25, 0.3) is 0 Å². The van der Waals surface area contributed by atoms with Crippen LogP contribution in [0.15, 0.2) is 42.5 Å². The molecule has 0 bridgehead atoms. The lowest BCUT2D eigenvalue weighted by atomic mass is 10.0. The molecular weight excluding hydrogens is 235 g/mol. The molecule has 2 rings (SSSR count). The minimum absolute atomic E-state index is 0.0905. The third kappa shape index (κ3) is 2.32. The number of carboxylic acid groups (broad SMARTS) is 1. The Morgan fingerprint density at radius 2 is 1.72 bits per heavy atom. The molecule has 0 heterocycles. The standard InChI is InChI=1S/C14H11FO3/c1-18-13-7-6-11(8-12(13)15)9-2-4-10(5-3-9)14(16)17/h2-8H,1H3,(H,16,17)/p-1. The second-order valence-electron chi connectivity index (χ2n) is 3.71. The molecule has 2 aromatic carbocycles. The Labute approximate surface area is 103 Å². The summed E-state index contributed by atoms with van der Waals surface area (Å²) in [6, 6.07) is 10.6. The smallest absolute Gasteiger partial charge is 0.165 e. The molecule has 0 aliphatic heterocycles. The highest BCUT2D eigenvalue weighted by Gasteiger charge is 2.05. The Morgan fingerprint density at radius 1 is 1.11 bits per heavy atom. The lowest BCUT2D eigenvalue weighted by Crippen LogP contribution is -2.21. The summed E-state index contributed by atoms with van der Waals surface area (Å²) in [6.07, 6.45) is 0. The van der Waals surface area contributed by atoms with Gasteiger partial charge < -0.3 is 14.6 Å². The molecule has 4 heteroatoms. The highest BCUT2D eigenvalue weighted by Crippen LogP contribution is 2.25. The first-order valence-electron chi connectivity index (χ1n) is 5.27. The summed E-state index contributed by atoms with van der Waals surface area (Å²) < 4.78 is 18.3. The van der Waals surface area contributed by atoms with Gasteiger partial charge in [-0.2, -0.15) is 0 Å². The minimum atomic E-state index is -1.23. The normalized spacial score (nSPS) is 10.1. The van der Waals surface area contributed by atoms with Gasteiger partial charge in [0, 0.05) is 0 Å². The van der Waals surface area contributed by atoms with Crippen LogP contribution in [0.1, 0.15) is 10.4 Å². The summed E-state index contributed by atoms with van der Waals surface area (Å²) in [6.45, 7) is 0. The van der Waals surface area contributed by atoms with Crippen molar-refractivity contribution >= 4 is 5.97 Å². The quantitative estimate of drug-likeness (QED) is 0.829. The fourth-order valence-electron chi connectivity index (χ4n) is 1.64. The molecule has 2 aromatic rings. The number of methoxy groups -OCH3 is 1. The molecule has 0 amide bonds. The fourth-order valence-corrected chi connectivity index (χ4v) is 1.64. The van der Waals surface area contributed by atoms with Gasteiger partial charge in [-0.25, -0.2) is 4.39 Å². The molecule has 0 unspecified atom stereocenters. The average Bonchev–Trinajstić information content (AvgIpc) is 2.38. The maximum atomic E-state index is 13.5. The summed E-state index contributed by atoms with van der Waals surface area (Å²) in [5.74, 6) is -1.52. The van der Waals surface area contributed by atoms with Crippen LogP contribution in [0.3, 0.4) is 0 Å². The van der Waals surface area contributed by atoms with Gasteiger partial charge in [-0.15, -0.1) is 0 Å². The average molecular weight is 245 g/mol. The molecule has 0 fully saturated rings. The van der Waals surface area contributed by atoms with E-state index < -0.39 is 11.8 Å². The minimum Gasteiger partial charge on any atom is -0.545 e. The van der Waals surface area contributed by atoms with E-state index in [0.29, 0.717) is 5.56 Å². The molecule has 0 aliphatic rings. The van der Waals surface area contributed by atoms with Crippen molar-refractivity contribution < 1.29 is 19.0 Å². The predicted molar refractivity (Wildman–Crippen MR) is 62.7 cm³/mol.